The molecule has 0 bridgehead atoms. The topological polar surface area (TPSA) is 88.5 Å². The Morgan fingerprint density at radius 2 is 1.86 bits per heavy atom. The zero-order chi connectivity index (χ0) is 20.3. The van der Waals surface area contributed by atoms with E-state index < -0.39 is 11.9 Å². The van der Waals surface area contributed by atoms with E-state index in [4.69, 9.17) is 33.0 Å². The number of carboxylic acid groups (broad SMARTS) is 1. The first-order chi connectivity index (χ1) is 13.4. The number of carbonyl (C=O) groups excluding carboxylic acids is 1. The number of nitrogens with one attached hydrogen (secondary N) is 1. The Morgan fingerprint density at radius 1 is 1.07 bits per heavy atom. The summed E-state index contributed by atoms with van der Waals surface area (Å²) in [5.41, 5.74) is 1.71. The third kappa shape index (κ3) is 4.08. The molecule has 2 aromatic carbocycles. The zero-order valence-corrected chi connectivity index (χ0v) is 16.1. The minimum atomic E-state index is -1.18. The maximum atomic E-state index is 12.6. The van der Waals surface area contributed by atoms with Crippen molar-refractivity contribution in [2.24, 2.45) is 0 Å². The van der Waals surface area contributed by atoms with E-state index in [9.17, 15) is 9.59 Å². The largest absolute Gasteiger partial charge is 0.496 e. The van der Waals surface area contributed by atoms with Crippen LogP contribution in [0.25, 0.3) is 11.3 Å². The summed E-state index contributed by atoms with van der Waals surface area (Å²) in [7, 11) is 1.48. The van der Waals surface area contributed by atoms with Crippen LogP contribution in [0.2, 0.25) is 10.0 Å². The number of nitrogens with zero attached hydrogens (tertiary/aromatic N) is 1. The van der Waals surface area contributed by atoms with Crippen LogP contribution >= 0.6 is 23.2 Å². The predicted molar refractivity (Wildman–Crippen MR) is 108 cm³/mol. The monoisotopic (exact) mass is 416 g/mol. The average Bonchev–Trinajstić information content (AvgIpc) is 2.69. The molecular formula is C20H14Cl2N2O4. The van der Waals surface area contributed by atoms with Crippen molar-refractivity contribution < 1.29 is 19.4 Å². The van der Waals surface area contributed by atoms with E-state index in [0.717, 1.165) is 0 Å². The summed E-state index contributed by atoms with van der Waals surface area (Å²) in [5, 5.41) is 12.3. The van der Waals surface area contributed by atoms with Crippen molar-refractivity contribution in [1.29, 1.82) is 0 Å². The van der Waals surface area contributed by atoms with Crippen molar-refractivity contribution in [3.8, 4) is 17.0 Å². The first-order valence-corrected chi connectivity index (χ1v) is 8.79. The zero-order valence-electron chi connectivity index (χ0n) is 14.6. The van der Waals surface area contributed by atoms with Gasteiger partial charge in [0, 0.05) is 23.0 Å². The van der Waals surface area contributed by atoms with Gasteiger partial charge in [-0.2, -0.15) is 0 Å². The van der Waals surface area contributed by atoms with Crippen molar-refractivity contribution in [3.63, 3.8) is 0 Å². The van der Waals surface area contributed by atoms with Crippen LogP contribution in [0.15, 0.2) is 54.7 Å². The van der Waals surface area contributed by atoms with Crippen LogP contribution in [-0.2, 0) is 0 Å². The number of pyridine rings is 1. The van der Waals surface area contributed by atoms with Gasteiger partial charge in [-0.1, -0.05) is 23.2 Å². The molecule has 0 saturated carbocycles. The van der Waals surface area contributed by atoms with Gasteiger partial charge in [0.25, 0.3) is 5.91 Å². The molecule has 3 rings (SSSR count). The number of halogens is 2. The lowest BCUT2D eigenvalue weighted by atomic mass is 10.1. The van der Waals surface area contributed by atoms with Crippen molar-refractivity contribution in [3.05, 3.63) is 75.9 Å². The highest BCUT2D eigenvalue weighted by Crippen LogP contribution is 2.34. The number of carbonyl (C=O) groups is 2. The molecule has 2 N–H and O–H groups in total. The van der Waals surface area contributed by atoms with Crippen LogP contribution in [-0.4, -0.2) is 29.1 Å². The van der Waals surface area contributed by atoms with Crippen LogP contribution in [0.5, 0.6) is 5.75 Å². The van der Waals surface area contributed by atoms with E-state index in [1.807, 2.05) is 0 Å². The second kappa shape index (κ2) is 8.29. The lowest BCUT2D eigenvalue weighted by molar-refractivity contribution is 0.0696. The number of aromatic carboxylic acids is 1. The molecule has 6 nitrogen and oxygen atoms in total. The maximum absolute atomic E-state index is 12.6. The number of anilines is 1. The lowest BCUT2D eigenvalue weighted by Crippen LogP contribution is -2.13. The standard InChI is InChI=1S/C20H14Cl2N2O4/c1-28-17-9-11(4-6-13(17)18-16(22)3-2-8-23-18)19(25)24-12-5-7-15(21)14(10-12)20(26)27/h2-10H,1H3,(H,24,25)(H,26,27). The highest BCUT2D eigenvalue weighted by Gasteiger charge is 2.16. The molecule has 0 atom stereocenters. The molecule has 0 aliphatic heterocycles. The van der Waals surface area contributed by atoms with Crippen molar-refractivity contribution >= 4 is 40.8 Å². The molecule has 1 aromatic heterocycles. The Bertz CT molecular complexity index is 1070. The molecule has 8 heteroatoms. The Balaban J connectivity index is 1.90. The van der Waals surface area contributed by atoms with Crippen molar-refractivity contribution in [1.82, 2.24) is 4.98 Å². The fourth-order valence-electron chi connectivity index (χ4n) is 2.58. The molecule has 0 aliphatic carbocycles. The maximum Gasteiger partial charge on any atom is 0.337 e. The normalized spacial score (nSPS) is 10.4. The highest BCUT2D eigenvalue weighted by molar-refractivity contribution is 6.33. The van der Waals surface area contributed by atoms with Gasteiger partial charge in [0.05, 0.1) is 28.4 Å². The first kappa shape index (κ1) is 19.7. The Morgan fingerprint density at radius 3 is 2.54 bits per heavy atom. The van der Waals surface area contributed by atoms with Crippen molar-refractivity contribution in [2.75, 3.05) is 12.4 Å². The quantitative estimate of drug-likeness (QED) is 0.609. The number of hydrogen-bond donors (Lipinski definition) is 2. The number of hydrogen-bond acceptors (Lipinski definition) is 4. The van der Waals surface area contributed by atoms with Gasteiger partial charge in [-0.05, 0) is 48.5 Å². The minimum Gasteiger partial charge on any atom is -0.496 e. The number of benzene rings is 2. The molecule has 0 radical (unpaired) electrons. The van der Waals surface area contributed by atoms with Gasteiger partial charge in [0.15, 0.2) is 0 Å². The summed E-state index contributed by atoms with van der Waals surface area (Å²) in [6.45, 7) is 0. The second-order valence-electron chi connectivity index (χ2n) is 5.70. The number of carboxylic acids is 1. The van der Waals surface area contributed by atoms with Crippen LogP contribution in [0.1, 0.15) is 20.7 Å². The Hall–Kier alpha value is -3.09. The Kier molecular flexibility index (Phi) is 5.82. The number of methoxy groups -OCH3 is 1. The van der Waals surface area contributed by atoms with Gasteiger partial charge in [-0.15, -0.1) is 0 Å². The SMILES string of the molecule is COc1cc(C(=O)Nc2ccc(Cl)c(C(=O)O)c2)ccc1-c1ncccc1Cl. The van der Waals surface area contributed by atoms with E-state index in [-0.39, 0.29) is 10.6 Å². The van der Waals surface area contributed by atoms with Crippen LogP contribution in [0.3, 0.4) is 0 Å². The summed E-state index contributed by atoms with van der Waals surface area (Å²) < 4.78 is 5.39. The summed E-state index contributed by atoms with van der Waals surface area (Å²) in [4.78, 5) is 28.0. The van der Waals surface area contributed by atoms with Crippen molar-refractivity contribution in [2.45, 2.75) is 0 Å². The summed E-state index contributed by atoms with van der Waals surface area (Å²) in [5.74, 6) is -1.19. The molecule has 0 spiro atoms. The average molecular weight is 417 g/mol. The van der Waals surface area contributed by atoms with Gasteiger partial charge >= 0.3 is 5.97 Å². The molecule has 142 valence electrons. The van der Waals surface area contributed by atoms with Gasteiger partial charge in [-0.25, -0.2) is 4.79 Å². The van der Waals surface area contributed by atoms with E-state index in [0.29, 0.717) is 33.3 Å². The molecule has 0 fully saturated rings. The summed E-state index contributed by atoms with van der Waals surface area (Å²) in [6, 6.07) is 12.5. The van der Waals surface area contributed by atoms with E-state index in [1.165, 1.54) is 25.3 Å². The highest BCUT2D eigenvalue weighted by atomic mass is 35.5. The van der Waals surface area contributed by atoms with E-state index in [1.54, 1.807) is 36.5 Å². The summed E-state index contributed by atoms with van der Waals surface area (Å²) >= 11 is 12.0. The van der Waals surface area contributed by atoms with Gasteiger partial charge < -0.3 is 15.2 Å². The lowest BCUT2D eigenvalue weighted by Gasteiger charge is -2.12. The first-order valence-electron chi connectivity index (χ1n) is 8.04. The Labute approximate surface area is 170 Å². The molecule has 0 saturated heterocycles. The second-order valence-corrected chi connectivity index (χ2v) is 6.52. The van der Waals surface area contributed by atoms with E-state index in [2.05, 4.69) is 10.3 Å². The molecule has 1 heterocycles. The molecular weight excluding hydrogens is 403 g/mol. The molecule has 3 aromatic rings. The van der Waals surface area contributed by atoms with Gasteiger partial charge in [0.2, 0.25) is 0 Å². The fraction of sp³-hybridized carbons (Fsp3) is 0.0500. The van der Waals surface area contributed by atoms with Crippen LogP contribution in [0, 0.1) is 0 Å². The number of ether oxygens (including phenoxy) is 1. The third-order valence-electron chi connectivity index (χ3n) is 3.93. The molecule has 0 unspecified atom stereocenters. The van der Waals surface area contributed by atoms with E-state index >= 15 is 0 Å². The van der Waals surface area contributed by atoms with Crippen LogP contribution in [0.4, 0.5) is 5.69 Å². The third-order valence-corrected chi connectivity index (χ3v) is 4.57. The number of amides is 1. The van der Waals surface area contributed by atoms with Gasteiger partial charge in [0.1, 0.15) is 5.75 Å². The molecule has 1 amide bonds. The smallest absolute Gasteiger partial charge is 0.337 e. The van der Waals surface area contributed by atoms with Crippen LogP contribution < -0.4 is 10.1 Å². The summed E-state index contributed by atoms with van der Waals surface area (Å²) in [6.07, 6.45) is 1.61. The predicted octanol–water partition coefficient (Wildman–Crippen LogP) is 5.01. The number of rotatable bonds is 5. The van der Waals surface area contributed by atoms with Gasteiger partial charge in [-0.3, -0.25) is 9.78 Å². The minimum absolute atomic E-state index is 0.0868. The fourth-order valence-corrected chi connectivity index (χ4v) is 3.00. The molecule has 0 aliphatic rings. The number of aromatic nitrogens is 1. The molecule has 28 heavy (non-hydrogen) atoms.